The zero-order valence-electron chi connectivity index (χ0n) is 17.3. The summed E-state index contributed by atoms with van der Waals surface area (Å²) in [4.78, 5) is 13.9. The Labute approximate surface area is 171 Å². The third-order valence-electron chi connectivity index (χ3n) is 4.67. The SMILES string of the molecule is CC(C)(C)OC(=O)N1CCC(Nc2ccc(OCc3cccc(F)c3)cc2)CC1. The van der Waals surface area contributed by atoms with Crippen LogP contribution in [0, 0.1) is 5.82 Å². The summed E-state index contributed by atoms with van der Waals surface area (Å²) in [5, 5.41) is 3.51. The highest BCUT2D eigenvalue weighted by Crippen LogP contribution is 2.21. The number of hydrogen-bond donors (Lipinski definition) is 1. The molecule has 2 aromatic rings. The number of ether oxygens (including phenoxy) is 2. The van der Waals surface area contributed by atoms with E-state index in [1.165, 1.54) is 12.1 Å². The average molecular weight is 400 g/mol. The van der Waals surface area contributed by atoms with Crippen LogP contribution < -0.4 is 10.1 Å². The van der Waals surface area contributed by atoms with Gasteiger partial charge >= 0.3 is 6.09 Å². The van der Waals surface area contributed by atoms with E-state index in [1.807, 2.05) is 51.1 Å². The molecule has 1 fully saturated rings. The number of nitrogens with zero attached hydrogens (tertiary/aromatic N) is 1. The van der Waals surface area contributed by atoms with E-state index in [4.69, 9.17) is 9.47 Å². The van der Waals surface area contributed by atoms with Crippen LogP contribution in [0.5, 0.6) is 5.75 Å². The molecule has 1 amide bonds. The number of hydrogen-bond acceptors (Lipinski definition) is 4. The monoisotopic (exact) mass is 400 g/mol. The molecule has 0 radical (unpaired) electrons. The number of likely N-dealkylation sites (tertiary alicyclic amines) is 1. The number of carbonyl (C=O) groups is 1. The Morgan fingerprint density at radius 3 is 2.45 bits per heavy atom. The van der Waals surface area contributed by atoms with Gasteiger partial charge in [-0.15, -0.1) is 0 Å². The van der Waals surface area contributed by atoms with Gasteiger partial charge in [0.05, 0.1) is 0 Å². The van der Waals surface area contributed by atoms with Gasteiger partial charge in [-0.1, -0.05) is 12.1 Å². The quantitative estimate of drug-likeness (QED) is 0.748. The maximum atomic E-state index is 13.2. The molecule has 1 heterocycles. The average Bonchev–Trinajstić information content (AvgIpc) is 2.67. The van der Waals surface area contributed by atoms with Crippen LogP contribution in [-0.4, -0.2) is 35.7 Å². The summed E-state index contributed by atoms with van der Waals surface area (Å²) in [5.41, 5.74) is 1.34. The predicted molar refractivity (Wildman–Crippen MR) is 112 cm³/mol. The number of nitrogens with one attached hydrogen (secondary N) is 1. The van der Waals surface area contributed by atoms with Gasteiger partial charge in [0.1, 0.15) is 23.8 Å². The highest BCUT2D eigenvalue weighted by Gasteiger charge is 2.26. The number of amides is 1. The molecular weight excluding hydrogens is 371 g/mol. The molecule has 156 valence electrons. The van der Waals surface area contributed by atoms with Gasteiger partial charge in [0, 0.05) is 24.8 Å². The topological polar surface area (TPSA) is 50.8 Å². The molecule has 0 bridgehead atoms. The summed E-state index contributed by atoms with van der Waals surface area (Å²) in [6.45, 7) is 7.33. The molecule has 6 heteroatoms. The lowest BCUT2D eigenvalue weighted by Gasteiger charge is -2.34. The van der Waals surface area contributed by atoms with Crippen molar-refractivity contribution < 1.29 is 18.7 Å². The van der Waals surface area contributed by atoms with Gasteiger partial charge in [-0.3, -0.25) is 0 Å². The second-order valence-electron chi connectivity index (χ2n) is 8.33. The molecule has 0 atom stereocenters. The lowest BCUT2D eigenvalue weighted by atomic mass is 10.0. The number of rotatable bonds is 5. The Balaban J connectivity index is 1.44. The van der Waals surface area contributed by atoms with Crippen molar-refractivity contribution in [3.8, 4) is 5.75 Å². The smallest absolute Gasteiger partial charge is 0.410 e. The fourth-order valence-corrected chi connectivity index (χ4v) is 3.21. The van der Waals surface area contributed by atoms with Gasteiger partial charge in [-0.25, -0.2) is 9.18 Å². The highest BCUT2D eigenvalue weighted by atomic mass is 19.1. The number of halogens is 1. The molecule has 1 N–H and O–H groups in total. The molecule has 1 aliphatic rings. The summed E-state index contributed by atoms with van der Waals surface area (Å²) in [6, 6.07) is 14.5. The minimum absolute atomic E-state index is 0.240. The predicted octanol–water partition coefficient (Wildman–Crippen LogP) is 5.22. The van der Waals surface area contributed by atoms with Gasteiger partial charge in [0.15, 0.2) is 0 Å². The zero-order chi connectivity index (χ0) is 20.9. The lowest BCUT2D eigenvalue weighted by molar-refractivity contribution is 0.0210. The second-order valence-corrected chi connectivity index (χ2v) is 8.33. The third kappa shape index (κ3) is 6.66. The number of carbonyl (C=O) groups excluding carboxylic acids is 1. The summed E-state index contributed by atoms with van der Waals surface area (Å²) in [6.07, 6.45) is 1.50. The fraction of sp³-hybridized carbons (Fsp3) is 0.435. The molecular formula is C23H29FN2O3. The van der Waals surface area contributed by atoms with E-state index in [-0.39, 0.29) is 11.9 Å². The van der Waals surface area contributed by atoms with Crippen molar-refractivity contribution in [2.75, 3.05) is 18.4 Å². The van der Waals surface area contributed by atoms with E-state index in [2.05, 4.69) is 5.32 Å². The van der Waals surface area contributed by atoms with Crippen LogP contribution in [0.3, 0.4) is 0 Å². The van der Waals surface area contributed by atoms with Crippen molar-refractivity contribution in [1.82, 2.24) is 4.90 Å². The fourth-order valence-electron chi connectivity index (χ4n) is 3.21. The Morgan fingerprint density at radius 1 is 1.14 bits per heavy atom. The van der Waals surface area contributed by atoms with E-state index >= 15 is 0 Å². The first-order chi connectivity index (χ1) is 13.8. The number of piperidine rings is 1. The summed E-state index contributed by atoms with van der Waals surface area (Å²) >= 11 is 0. The highest BCUT2D eigenvalue weighted by molar-refractivity contribution is 5.68. The first kappa shape index (κ1) is 21.0. The summed E-state index contributed by atoms with van der Waals surface area (Å²) in [7, 11) is 0. The normalized spacial score (nSPS) is 15.1. The van der Waals surface area contributed by atoms with E-state index in [1.54, 1.807) is 11.0 Å². The Kier molecular flexibility index (Phi) is 6.62. The molecule has 29 heavy (non-hydrogen) atoms. The van der Waals surface area contributed by atoms with Crippen LogP contribution in [0.25, 0.3) is 0 Å². The number of anilines is 1. The molecule has 0 aromatic heterocycles. The molecule has 1 saturated heterocycles. The van der Waals surface area contributed by atoms with Gasteiger partial charge in [-0.05, 0) is 75.6 Å². The van der Waals surface area contributed by atoms with Crippen LogP contribution in [0.2, 0.25) is 0 Å². The molecule has 1 aliphatic heterocycles. The first-order valence-corrected chi connectivity index (χ1v) is 10.0. The Bertz CT molecular complexity index is 810. The van der Waals surface area contributed by atoms with E-state index in [9.17, 15) is 9.18 Å². The molecule has 2 aromatic carbocycles. The van der Waals surface area contributed by atoms with Gasteiger partial charge < -0.3 is 19.7 Å². The summed E-state index contributed by atoms with van der Waals surface area (Å²) < 4.78 is 24.4. The minimum Gasteiger partial charge on any atom is -0.489 e. The van der Waals surface area contributed by atoms with Crippen molar-refractivity contribution >= 4 is 11.8 Å². The molecule has 5 nitrogen and oxygen atoms in total. The Hall–Kier alpha value is -2.76. The maximum absolute atomic E-state index is 13.2. The van der Waals surface area contributed by atoms with Gasteiger partial charge in [0.25, 0.3) is 0 Å². The molecule has 0 saturated carbocycles. The van der Waals surface area contributed by atoms with E-state index < -0.39 is 5.60 Å². The van der Waals surface area contributed by atoms with E-state index in [0.717, 1.165) is 29.8 Å². The lowest BCUT2D eigenvalue weighted by Crippen LogP contribution is -2.44. The number of benzene rings is 2. The zero-order valence-corrected chi connectivity index (χ0v) is 17.3. The van der Waals surface area contributed by atoms with Gasteiger partial charge in [-0.2, -0.15) is 0 Å². The van der Waals surface area contributed by atoms with Crippen molar-refractivity contribution in [1.29, 1.82) is 0 Å². The van der Waals surface area contributed by atoms with Crippen LogP contribution in [-0.2, 0) is 11.3 Å². The molecule has 0 unspecified atom stereocenters. The van der Waals surface area contributed by atoms with Crippen LogP contribution in [0.4, 0.5) is 14.9 Å². The minimum atomic E-state index is -0.468. The van der Waals surface area contributed by atoms with Crippen molar-refractivity contribution in [3.05, 3.63) is 59.9 Å². The maximum Gasteiger partial charge on any atom is 0.410 e. The van der Waals surface area contributed by atoms with Crippen molar-refractivity contribution in [3.63, 3.8) is 0 Å². The van der Waals surface area contributed by atoms with Crippen LogP contribution in [0.15, 0.2) is 48.5 Å². The first-order valence-electron chi connectivity index (χ1n) is 10.0. The van der Waals surface area contributed by atoms with Crippen molar-refractivity contribution in [2.24, 2.45) is 0 Å². The van der Waals surface area contributed by atoms with Crippen molar-refractivity contribution in [2.45, 2.75) is 51.9 Å². The molecule has 0 spiro atoms. The van der Waals surface area contributed by atoms with E-state index in [0.29, 0.717) is 25.7 Å². The third-order valence-corrected chi connectivity index (χ3v) is 4.67. The Morgan fingerprint density at radius 2 is 1.83 bits per heavy atom. The molecule has 3 rings (SSSR count). The van der Waals surface area contributed by atoms with Crippen LogP contribution in [0.1, 0.15) is 39.2 Å². The standard InChI is InChI=1S/C23H29FN2O3/c1-23(2,3)29-22(27)26-13-11-20(12-14-26)25-19-7-9-21(10-8-19)28-16-17-5-4-6-18(24)15-17/h4-10,15,20,25H,11-14,16H2,1-3H3. The second kappa shape index (κ2) is 9.16. The summed E-state index contributed by atoms with van der Waals surface area (Å²) in [5.74, 6) is 0.475. The van der Waals surface area contributed by atoms with Crippen LogP contribution >= 0.6 is 0 Å². The molecule has 0 aliphatic carbocycles. The largest absolute Gasteiger partial charge is 0.489 e. The van der Waals surface area contributed by atoms with Gasteiger partial charge in [0.2, 0.25) is 0 Å².